The van der Waals surface area contributed by atoms with Crippen LogP contribution in [0.25, 0.3) is 0 Å². The zero-order chi connectivity index (χ0) is 16.2. The van der Waals surface area contributed by atoms with E-state index < -0.39 is 17.3 Å². The quantitative estimate of drug-likeness (QED) is 0.639. The van der Waals surface area contributed by atoms with Crippen LogP contribution in [0.15, 0.2) is 0 Å². The number of halogens is 1. The third-order valence-electron chi connectivity index (χ3n) is 2.66. The Bertz CT molecular complexity index is 569. The topological polar surface area (TPSA) is 84.5 Å². The first-order valence-corrected chi connectivity index (χ1v) is 7.56. The Labute approximate surface area is 131 Å². The molecule has 0 aliphatic heterocycles. The number of carbonyl (C=O) groups excluding carboxylic acids is 3. The Kier molecular flexibility index (Phi) is 6.17. The van der Waals surface area contributed by atoms with Gasteiger partial charge in [-0.15, -0.1) is 22.9 Å². The number of amides is 2. The molecule has 1 rings (SSSR count). The predicted molar refractivity (Wildman–Crippen MR) is 82.3 cm³/mol. The molecule has 0 fully saturated rings. The van der Waals surface area contributed by atoms with Crippen molar-refractivity contribution in [3.63, 3.8) is 0 Å². The number of esters is 1. The molecule has 1 atom stereocenters. The average Bonchev–Trinajstić information content (AvgIpc) is 2.74. The van der Waals surface area contributed by atoms with Crippen molar-refractivity contribution in [2.45, 2.75) is 26.1 Å². The van der Waals surface area contributed by atoms with Crippen molar-refractivity contribution in [3.05, 3.63) is 16.0 Å². The molecule has 1 aromatic heterocycles. The average molecular weight is 333 g/mol. The van der Waals surface area contributed by atoms with Crippen molar-refractivity contribution in [2.75, 3.05) is 19.0 Å². The minimum atomic E-state index is -0.758. The van der Waals surface area contributed by atoms with Gasteiger partial charge in [-0.3, -0.25) is 9.59 Å². The SMILES string of the molecule is CCOC(=O)c1c(NC(=O)C(C)Cl)sc(C(=O)NC)c1C. The largest absolute Gasteiger partial charge is 0.462 e. The minimum Gasteiger partial charge on any atom is -0.462 e. The van der Waals surface area contributed by atoms with Crippen LogP contribution in [-0.4, -0.2) is 36.8 Å². The third kappa shape index (κ3) is 3.95. The highest BCUT2D eigenvalue weighted by Crippen LogP contribution is 2.34. The highest BCUT2D eigenvalue weighted by atomic mass is 35.5. The lowest BCUT2D eigenvalue weighted by molar-refractivity contribution is -0.115. The van der Waals surface area contributed by atoms with Crippen LogP contribution < -0.4 is 10.6 Å². The lowest BCUT2D eigenvalue weighted by atomic mass is 10.1. The van der Waals surface area contributed by atoms with E-state index in [1.807, 2.05) is 0 Å². The first-order chi connectivity index (χ1) is 9.83. The van der Waals surface area contributed by atoms with Gasteiger partial charge in [0.2, 0.25) is 5.91 Å². The molecular formula is C13H17ClN2O4S. The Morgan fingerprint density at radius 2 is 2.00 bits per heavy atom. The van der Waals surface area contributed by atoms with Crippen molar-refractivity contribution in [1.29, 1.82) is 0 Å². The molecule has 116 valence electrons. The fraction of sp³-hybridized carbons (Fsp3) is 0.462. The number of hydrogen-bond acceptors (Lipinski definition) is 5. The second-order valence-electron chi connectivity index (χ2n) is 4.17. The number of rotatable bonds is 5. The van der Waals surface area contributed by atoms with Crippen LogP contribution in [0.2, 0.25) is 0 Å². The molecule has 0 aromatic carbocycles. The Hall–Kier alpha value is -1.60. The summed E-state index contributed by atoms with van der Waals surface area (Å²) in [6.45, 7) is 5.02. The molecule has 0 saturated heterocycles. The molecule has 8 heteroatoms. The van der Waals surface area contributed by atoms with Crippen LogP contribution in [0.4, 0.5) is 5.00 Å². The Morgan fingerprint density at radius 1 is 1.38 bits per heavy atom. The fourth-order valence-corrected chi connectivity index (χ4v) is 2.79. The zero-order valence-electron chi connectivity index (χ0n) is 12.2. The molecular weight excluding hydrogens is 316 g/mol. The predicted octanol–water partition coefficient (Wildman–Crippen LogP) is 2.16. The van der Waals surface area contributed by atoms with Crippen molar-refractivity contribution >= 4 is 45.7 Å². The summed E-state index contributed by atoms with van der Waals surface area (Å²) in [6.07, 6.45) is 0. The molecule has 0 bridgehead atoms. The van der Waals surface area contributed by atoms with E-state index in [2.05, 4.69) is 10.6 Å². The van der Waals surface area contributed by atoms with Crippen LogP contribution >= 0.6 is 22.9 Å². The summed E-state index contributed by atoms with van der Waals surface area (Å²) in [5.41, 5.74) is 0.654. The first-order valence-electron chi connectivity index (χ1n) is 6.30. The molecule has 0 spiro atoms. The number of ether oxygens (including phenoxy) is 1. The second kappa shape index (κ2) is 7.42. The number of carbonyl (C=O) groups is 3. The van der Waals surface area contributed by atoms with Gasteiger partial charge in [0.15, 0.2) is 0 Å². The maximum absolute atomic E-state index is 12.0. The van der Waals surface area contributed by atoms with Gasteiger partial charge in [0.25, 0.3) is 5.91 Å². The maximum atomic E-state index is 12.0. The van der Waals surface area contributed by atoms with Gasteiger partial charge in [-0.1, -0.05) is 0 Å². The molecule has 1 aromatic rings. The fourth-order valence-electron chi connectivity index (χ4n) is 1.59. The maximum Gasteiger partial charge on any atom is 0.341 e. The molecule has 0 radical (unpaired) electrons. The summed E-state index contributed by atoms with van der Waals surface area (Å²) in [5, 5.41) is 4.55. The number of hydrogen-bond donors (Lipinski definition) is 2. The third-order valence-corrected chi connectivity index (χ3v) is 4.06. The Morgan fingerprint density at radius 3 is 2.48 bits per heavy atom. The summed E-state index contributed by atoms with van der Waals surface area (Å²) in [6, 6.07) is 0. The highest BCUT2D eigenvalue weighted by molar-refractivity contribution is 7.18. The van der Waals surface area contributed by atoms with Gasteiger partial charge in [0.1, 0.15) is 10.4 Å². The second-order valence-corrected chi connectivity index (χ2v) is 5.84. The van der Waals surface area contributed by atoms with E-state index in [0.717, 1.165) is 11.3 Å². The van der Waals surface area contributed by atoms with Crippen molar-refractivity contribution < 1.29 is 19.1 Å². The van der Waals surface area contributed by atoms with Gasteiger partial charge in [0, 0.05) is 7.05 Å². The molecule has 1 heterocycles. The van der Waals surface area contributed by atoms with Gasteiger partial charge in [-0.2, -0.15) is 0 Å². The number of anilines is 1. The van der Waals surface area contributed by atoms with E-state index in [1.165, 1.54) is 14.0 Å². The van der Waals surface area contributed by atoms with Crippen molar-refractivity contribution in [1.82, 2.24) is 5.32 Å². The van der Waals surface area contributed by atoms with E-state index >= 15 is 0 Å². The highest BCUT2D eigenvalue weighted by Gasteiger charge is 2.26. The van der Waals surface area contributed by atoms with Crippen LogP contribution in [0, 0.1) is 6.92 Å². The molecule has 2 amide bonds. The lowest BCUT2D eigenvalue weighted by Crippen LogP contribution is -2.21. The smallest absolute Gasteiger partial charge is 0.341 e. The van der Waals surface area contributed by atoms with E-state index in [-0.39, 0.29) is 23.1 Å². The summed E-state index contributed by atoms with van der Waals surface area (Å²) in [4.78, 5) is 35.9. The molecule has 0 saturated carbocycles. The van der Waals surface area contributed by atoms with Gasteiger partial charge in [0.05, 0.1) is 17.0 Å². The molecule has 2 N–H and O–H groups in total. The molecule has 0 aliphatic carbocycles. The van der Waals surface area contributed by atoms with Gasteiger partial charge in [-0.05, 0) is 26.3 Å². The summed E-state index contributed by atoms with van der Waals surface area (Å²) >= 11 is 6.72. The monoisotopic (exact) mass is 332 g/mol. The number of alkyl halides is 1. The van der Waals surface area contributed by atoms with Crippen molar-refractivity contribution in [3.8, 4) is 0 Å². The van der Waals surface area contributed by atoms with Gasteiger partial charge >= 0.3 is 5.97 Å². The molecule has 21 heavy (non-hydrogen) atoms. The van der Waals surface area contributed by atoms with E-state index in [4.69, 9.17) is 16.3 Å². The number of thiophene rings is 1. The van der Waals surface area contributed by atoms with Gasteiger partial charge in [-0.25, -0.2) is 4.79 Å². The standard InChI is InChI=1S/C13H17ClN2O4S/c1-5-20-13(19)8-6(2)9(11(18)15-4)21-12(8)16-10(17)7(3)14/h7H,5H2,1-4H3,(H,15,18)(H,16,17). The summed E-state index contributed by atoms with van der Waals surface area (Å²) in [5.74, 6) is -1.37. The zero-order valence-corrected chi connectivity index (χ0v) is 13.8. The lowest BCUT2D eigenvalue weighted by Gasteiger charge is -2.07. The first kappa shape index (κ1) is 17.5. The summed E-state index contributed by atoms with van der Waals surface area (Å²) < 4.78 is 4.97. The Balaban J connectivity index is 3.29. The van der Waals surface area contributed by atoms with E-state index in [0.29, 0.717) is 10.4 Å². The number of nitrogens with one attached hydrogen (secondary N) is 2. The van der Waals surface area contributed by atoms with Crippen LogP contribution in [0.5, 0.6) is 0 Å². The molecule has 1 unspecified atom stereocenters. The molecule has 6 nitrogen and oxygen atoms in total. The van der Waals surface area contributed by atoms with Crippen LogP contribution in [0.3, 0.4) is 0 Å². The van der Waals surface area contributed by atoms with Crippen LogP contribution in [-0.2, 0) is 9.53 Å². The van der Waals surface area contributed by atoms with E-state index in [1.54, 1.807) is 13.8 Å². The van der Waals surface area contributed by atoms with Gasteiger partial charge < -0.3 is 15.4 Å². The van der Waals surface area contributed by atoms with Crippen LogP contribution in [0.1, 0.15) is 39.4 Å². The minimum absolute atomic E-state index is 0.186. The molecule has 0 aliphatic rings. The normalized spacial score (nSPS) is 11.7. The summed E-state index contributed by atoms with van der Waals surface area (Å²) in [7, 11) is 1.49. The van der Waals surface area contributed by atoms with Crippen molar-refractivity contribution in [2.24, 2.45) is 0 Å². The van der Waals surface area contributed by atoms with E-state index in [9.17, 15) is 14.4 Å².